The van der Waals surface area contributed by atoms with Gasteiger partial charge in [-0.3, -0.25) is 14.4 Å². The summed E-state index contributed by atoms with van der Waals surface area (Å²) in [5.41, 5.74) is 0. The number of hydrogen-bond donors (Lipinski definition) is 0. The van der Waals surface area contributed by atoms with Crippen molar-refractivity contribution < 1.29 is 28.6 Å². The molecule has 0 fully saturated rings. The van der Waals surface area contributed by atoms with E-state index in [0.717, 1.165) is 148 Å². The summed E-state index contributed by atoms with van der Waals surface area (Å²) in [6, 6.07) is 0. The van der Waals surface area contributed by atoms with E-state index in [-0.39, 0.29) is 31.1 Å². The highest BCUT2D eigenvalue weighted by Crippen LogP contribution is 2.15. The van der Waals surface area contributed by atoms with Gasteiger partial charge in [-0.1, -0.05) is 282 Å². The fourth-order valence-electron chi connectivity index (χ4n) is 8.57. The molecule has 6 nitrogen and oxygen atoms in total. The van der Waals surface area contributed by atoms with E-state index in [1.165, 1.54) is 89.9 Å². The lowest BCUT2D eigenvalue weighted by atomic mass is 10.0. The van der Waals surface area contributed by atoms with Crippen molar-refractivity contribution in [3.05, 3.63) is 146 Å². The summed E-state index contributed by atoms with van der Waals surface area (Å²) >= 11 is 0. The van der Waals surface area contributed by atoms with E-state index in [1.807, 2.05) is 0 Å². The highest BCUT2D eigenvalue weighted by atomic mass is 16.6. The maximum atomic E-state index is 12.8. The SMILES string of the molecule is CC/C=C\C/C=C\C/C=C\C/C=C\C/C=C\C/C=C\C/C=C\CCCCCCCCCC(=O)OCC(COC(=O)CCCCCCC)OC(=O)CCCCCCCCCCCCC/C=C\C/C=C\C/C=C\C/C=C\C/C=C\CC. The Morgan fingerprint density at radius 2 is 0.494 bits per heavy atom. The van der Waals surface area contributed by atoms with Gasteiger partial charge >= 0.3 is 17.9 Å². The van der Waals surface area contributed by atoms with Crippen LogP contribution in [0.4, 0.5) is 0 Å². The van der Waals surface area contributed by atoms with Crippen LogP contribution in [-0.4, -0.2) is 37.2 Å². The van der Waals surface area contributed by atoms with Crippen molar-refractivity contribution in [3.8, 4) is 0 Å². The molecule has 0 aliphatic carbocycles. The molecular formula is C73H118O6. The van der Waals surface area contributed by atoms with E-state index in [9.17, 15) is 14.4 Å². The third kappa shape index (κ3) is 64.0. The second kappa shape index (κ2) is 65.8. The predicted octanol–water partition coefficient (Wildman–Crippen LogP) is 22.3. The second-order valence-corrected chi connectivity index (χ2v) is 20.9. The summed E-state index contributed by atoms with van der Waals surface area (Å²) in [6.07, 6.45) is 94.7. The van der Waals surface area contributed by atoms with Gasteiger partial charge in [0, 0.05) is 19.3 Å². The average molecular weight is 1090 g/mol. The molecule has 0 heterocycles. The van der Waals surface area contributed by atoms with Crippen molar-refractivity contribution in [1.29, 1.82) is 0 Å². The number of esters is 3. The molecule has 0 bridgehead atoms. The molecule has 0 N–H and O–H groups in total. The van der Waals surface area contributed by atoms with Crippen LogP contribution in [0.3, 0.4) is 0 Å². The van der Waals surface area contributed by atoms with Crippen molar-refractivity contribution in [3.63, 3.8) is 0 Å². The number of carbonyl (C=O) groups is 3. The first-order valence-corrected chi connectivity index (χ1v) is 32.3. The normalized spacial score (nSPS) is 13.1. The van der Waals surface area contributed by atoms with Gasteiger partial charge in [0.15, 0.2) is 6.10 Å². The second-order valence-electron chi connectivity index (χ2n) is 20.9. The van der Waals surface area contributed by atoms with E-state index < -0.39 is 6.10 Å². The van der Waals surface area contributed by atoms with E-state index in [1.54, 1.807) is 0 Å². The highest BCUT2D eigenvalue weighted by Gasteiger charge is 2.19. The van der Waals surface area contributed by atoms with E-state index in [0.29, 0.717) is 19.3 Å². The zero-order valence-electron chi connectivity index (χ0n) is 51.1. The van der Waals surface area contributed by atoms with Crippen LogP contribution in [0.1, 0.15) is 278 Å². The number of unbranched alkanes of at least 4 members (excludes halogenated alkanes) is 22. The summed E-state index contributed by atoms with van der Waals surface area (Å²) in [7, 11) is 0. The Morgan fingerprint density at radius 1 is 0.266 bits per heavy atom. The van der Waals surface area contributed by atoms with Gasteiger partial charge in [0.05, 0.1) is 0 Å². The molecule has 0 aliphatic rings. The highest BCUT2D eigenvalue weighted by molar-refractivity contribution is 5.71. The lowest BCUT2D eigenvalue weighted by Crippen LogP contribution is -2.30. The molecule has 0 spiro atoms. The van der Waals surface area contributed by atoms with Crippen LogP contribution in [0.2, 0.25) is 0 Å². The van der Waals surface area contributed by atoms with Crippen LogP contribution >= 0.6 is 0 Å². The van der Waals surface area contributed by atoms with E-state index >= 15 is 0 Å². The monoisotopic (exact) mass is 1090 g/mol. The minimum absolute atomic E-state index is 0.0869. The topological polar surface area (TPSA) is 78.9 Å². The minimum atomic E-state index is -0.787. The van der Waals surface area contributed by atoms with Crippen molar-refractivity contribution >= 4 is 17.9 Å². The molecule has 0 aromatic heterocycles. The molecule has 0 saturated carbocycles. The number of hydrogen-bond acceptors (Lipinski definition) is 6. The summed E-state index contributed by atoms with van der Waals surface area (Å²) < 4.78 is 16.8. The van der Waals surface area contributed by atoms with Crippen LogP contribution in [0.15, 0.2) is 146 Å². The van der Waals surface area contributed by atoms with Crippen molar-refractivity contribution in [2.24, 2.45) is 0 Å². The number of carbonyl (C=O) groups excluding carboxylic acids is 3. The zero-order chi connectivity index (χ0) is 57.1. The molecule has 0 amide bonds. The van der Waals surface area contributed by atoms with E-state index in [4.69, 9.17) is 14.2 Å². The zero-order valence-corrected chi connectivity index (χ0v) is 51.1. The summed E-state index contributed by atoms with van der Waals surface area (Å²) in [6.45, 7) is 6.32. The number of rotatable bonds is 57. The Hall–Kier alpha value is -4.71. The van der Waals surface area contributed by atoms with Crippen LogP contribution in [-0.2, 0) is 28.6 Å². The fourth-order valence-corrected chi connectivity index (χ4v) is 8.57. The molecule has 1 atom stereocenters. The third-order valence-corrected chi connectivity index (χ3v) is 13.3. The van der Waals surface area contributed by atoms with Crippen LogP contribution in [0, 0.1) is 0 Å². The van der Waals surface area contributed by atoms with Gasteiger partial charge in [-0.25, -0.2) is 0 Å². The number of allylic oxidation sites excluding steroid dienone is 24. The summed E-state index contributed by atoms with van der Waals surface area (Å²) in [4.78, 5) is 38.0. The Morgan fingerprint density at radius 3 is 0.772 bits per heavy atom. The molecule has 0 aromatic carbocycles. The summed E-state index contributed by atoms with van der Waals surface area (Å²) in [5, 5.41) is 0. The van der Waals surface area contributed by atoms with Crippen LogP contribution in [0.25, 0.3) is 0 Å². The van der Waals surface area contributed by atoms with E-state index in [2.05, 4.69) is 167 Å². The molecule has 6 heteroatoms. The molecule has 1 unspecified atom stereocenters. The minimum Gasteiger partial charge on any atom is -0.462 e. The van der Waals surface area contributed by atoms with Gasteiger partial charge in [-0.15, -0.1) is 0 Å². The maximum absolute atomic E-state index is 12.8. The summed E-state index contributed by atoms with van der Waals surface area (Å²) in [5.74, 6) is -0.916. The van der Waals surface area contributed by atoms with Crippen molar-refractivity contribution in [2.75, 3.05) is 13.2 Å². The quantitative estimate of drug-likeness (QED) is 0.0261. The third-order valence-electron chi connectivity index (χ3n) is 13.3. The van der Waals surface area contributed by atoms with Crippen LogP contribution in [0.5, 0.6) is 0 Å². The first-order chi connectivity index (χ1) is 39.0. The van der Waals surface area contributed by atoms with Gasteiger partial charge < -0.3 is 14.2 Å². The smallest absolute Gasteiger partial charge is 0.306 e. The predicted molar refractivity (Wildman–Crippen MR) is 343 cm³/mol. The maximum Gasteiger partial charge on any atom is 0.306 e. The van der Waals surface area contributed by atoms with Crippen molar-refractivity contribution in [1.82, 2.24) is 0 Å². The van der Waals surface area contributed by atoms with Gasteiger partial charge in [0.25, 0.3) is 0 Å². The molecule has 79 heavy (non-hydrogen) atoms. The molecular weight excluding hydrogens is 973 g/mol. The molecule has 0 aliphatic heterocycles. The van der Waals surface area contributed by atoms with Gasteiger partial charge in [0.1, 0.15) is 13.2 Å². The molecule has 0 aromatic rings. The Bertz CT molecular complexity index is 1730. The van der Waals surface area contributed by atoms with Gasteiger partial charge in [-0.05, 0) is 122 Å². The molecule has 0 radical (unpaired) electrons. The van der Waals surface area contributed by atoms with Gasteiger partial charge in [-0.2, -0.15) is 0 Å². The first-order valence-electron chi connectivity index (χ1n) is 32.3. The lowest BCUT2D eigenvalue weighted by molar-refractivity contribution is -0.167. The standard InChI is InChI=1S/C73H118O6/c1-4-7-10-13-15-17-19-21-23-25-27-29-31-33-35-36-38-39-41-43-45-47-49-51-53-55-57-60-63-66-72(75)78-69-70(68-77-71(74)65-62-59-12-9-6-3)79-73(76)67-64-61-58-56-54-52-50-48-46-44-42-40-37-34-32-30-28-26-24-22-20-18-16-14-11-8-5-2/h7-8,10-11,15-18,21-24,27-30,33-35,37-39,43,45,70H,4-6,9,12-14,19-20,25-26,31-32,36,40-42,44,46-69H2,1-3H3/b10-7-,11-8-,17-15-,18-16-,23-21-,24-22-,29-27-,30-28-,35-33-,37-34-,39-38-,45-43-. The fraction of sp³-hybridized carbons (Fsp3) is 0.630. The lowest BCUT2D eigenvalue weighted by Gasteiger charge is -2.18. The van der Waals surface area contributed by atoms with Gasteiger partial charge in [0.2, 0.25) is 0 Å². The largest absolute Gasteiger partial charge is 0.462 e. The Kier molecular flexibility index (Phi) is 61.9. The molecule has 446 valence electrons. The Balaban J connectivity index is 4.11. The average Bonchev–Trinajstić information content (AvgIpc) is 3.45. The van der Waals surface area contributed by atoms with Crippen LogP contribution < -0.4 is 0 Å². The van der Waals surface area contributed by atoms with Crippen molar-refractivity contribution in [2.45, 2.75) is 284 Å². The molecule has 0 saturated heterocycles. The number of ether oxygens (including phenoxy) is 3. The molecule has 0 rings (SSSR count). The first kappa shape index (κ1) is 74.3. The Labute approximate surface area is 487 Å².